The molecule has 0 amide bonds. The molecule has 0 aromatic heterocycles. The average molecular weight is 151 g/mol. The summed E-state index contributed by atoms with van der Waals surface area (Å²) < 4.78 is 0.317. The standard InChI is InChI=1S/C7H18N3.Li/c8-4-1-2-6-10-7-3-5-9;/h5,10H,1-4,6-9H2;. The number of hydrogen-bond acceptors (Lipinski definition) is 3. The second-order valence-electron chi connectivity index (χ2n) is 3.01. The molecule has 0 saturated carbocycles. The molecule has 0 aliphatic heterocycles. The van der Waals surface area contributed by atoms with Gasteiger partial charge in [0.05, 0.1) is 0 Å². The van der Waals surface area contributed by atoms with Crippen molar-refractivity contribution < 1.29 is 0 Å². The predicted octanol–water partition coefficient (Wildman–Crippen LogP) is -0.842. The molecule has 0 aromatic rings. The van der Waals surface area contributed by atoms with Gasteiger partial charge in [0, 0.05) is 0 Å². The van der Waals surface area contributed by atoms with Crippen molar-refractivity contribution in [2.24, 2.45) is 11.5 Å². The molecule has 1 unspecified atom stereocenters. The van der Waals surface area contributed by atoms with Crippen LogP contribution in [-0.2, 0) is 0 Å². The molecule has 0 rings (SSSR count). The Morgan fingerprint density at radius 2 is 2.00 bits per heavy atom. The Hall–Kier alpha value is 0.477. The summed E-state index contributed by atoms with van der Waals surface area (Å²) in [5.74, 6) is 0. The molecular formula is C7H18LiN3. The van der Waals surface area contributed by atoms with Gasteiger partial charge in [-0.15, -0.1) is 0 Å². The van der Waals surface area contributed by atoms with Gasteiger partial charge in [0.15, 0.2) is 0 Å². The van der Waals surface area contributed by atoms with Gasteiger partial charge in [-0.3, -0.25) is 0 Å². The van der Waals surface area contributed by atoms with Gasteiger partial charge in [0.2, 0.25) is 0 Å². The third-order valence-electron chi connectivity index (χ3n) is 1.58. The number of unbranched alkanes of at least 4 members (excludes halogenated alkanes) is 1. The summed E-state index contributed by atoms with van der Waals surface area (Å²) in [7, 11) is 0. The molecule has 1 atom stereocenters. The Labute approximate surface area is 78.5 Å². The van der Waals surface area contributed by atoms with Gasteiger partial charge in [-0.25, -0.2) is 0 Å². The molecule has 3 nitrogen and oxygen atoms in total. The summed E-state index contributed by atoms with van der Waals surface area (Å²) in [6, 6.07) is 0. The molecule has 0 aromatic carbocycles. The zero-order valence-electron chi connectivity index (χ0n) is 7.47. The first kappa shape index (κ1) is 11.5. The van der Waals surface area contributed by atoms with Crippen LogP contribution in [0, 0.1) is 0 Å². The number of rotatable bonds is 7. The van der Waals surface area contributed by atoms with E-state index in [-0.39, 0.29) is 0 Å². The van der Waals surface area contributed by atoms with E-state index in [0.29, 0.717) is 4.71 Å². The molecule has 0 aliphatic carbocycles. The quantitative estimate of drug-likeness (QED) is 0.328. The van der Waals surface area contributed by atoms with Crippen molar-refractivity contribution in [3.05, 3.63) is 0 Å². The Morgan fingerprint density at radius 1 is 1.27 bits per heavy atom. The van der Waals surface area contributed by atoms with E-state index >= 15 is 0 Å². The van der Waals surface area contributed by atoms with Crippen LogP contribution in [0.1, 0.15) is 19.3 Å². The Balaban J connectivity index is 2.80. The molecule has 0 saturated heterocycles. The molecule has 5 N–H and O–H groups in total. The van der Waals surface area contributed by atoms with Crippen LogP contribution in [0.2, 0.25) is 0 Å². The topological polar surface area (TPSA) is 64.1 Å². The first-order valence-corrected chi connectivity index (χ1v) is 4.43. The molecule has 0 spiro atoms. The Kier molecular flexibility index (Phi) is 8.94. The van der Waals surface area contributed by atoms with Crippen LogP contribution >= 0.6 is 0 Å². The molecule has 11 heavy (non-hydrogen) atoms. The molecule has 0 aliphatic rings. The van der Waals surface area contributed by atoms with Crippen molar-refractivity contribution in [3.63, 3.8) is 0 Å². The van der Waals surface area contributed by atoms with Gasteiger partial charge in [0.25, 0.3) is 0 Å². The summed E-state index contributed by atoms with van der Waals surface area (Å²) in [5.41, 5.74) is 10.9. The van der Waals surface area contributed by atoms with Crippen LogP contribution in [0.4, 0.5) is 0 Å². The van der Waals surface area contributed by atoms with Crippen LogP contribution in [0.5, 0.6) is 0 Å². The molecular weight excluding hydrogens is 133 g/mol. The van der Waals surface area contributed by atoms with E-state index in [1.807, 2.05) is 17.7 Å². The summed E-state index contributed by atoms with van der Waals surface area (Å²) in [4.78, 5) is 0. The molecule has 0 heterocycles. The zero-order valence-corrected chi connectivity index (χ0v) is 7.47. The van der Waals surface area contributed by atoms with Crippen molar-refractivity contribution in [2.75, 3.05) is 19.6 Å². The van der Waals surface area contributed by atoms with Crippen molar-refractivity contribution in [1.82, 2.24) is 5.32 Å². The molecule has 0 radical (unpaired) electrons. The molecule has 4 heteroatoms. The van der Waals surface area contributed by atoms with Gasteiger partial charge in [-0.05, 0) is 0 Å². The van der Waals surface area contributed by atoms with E-state index in [0.717, 1.165) is 32.5 Å². The van der Waals surface area contributed by atoms with E-state index in [2.05, 4.69) is 5.32 Å². The van der Waals surface area contributed by atoms with Gasteiger partial charge >= 0.3 is 78.1 Å². The molecule has 62 valence electrons. The number of hydrogen-bond donors (Lipinski definition) is 3. The summed E-state index contributed by atoms with van der Waals surface area (Å²) >= 11 is 2.03. The first-order valence-electron chi connectivity index (χ1n) is 4.43. The fraction of sp³-hybridized carbons (Fsp3) is 1.00. The van der Waals surface area contributed by atoms with Crippen molar-refractivity contribution in [3.8, 4) is 0 Å². The SMILES string of the molecule is [Li][CH](N)CCNCCCCN. The van der Waals surface area contributed by atoms with Gasteiger partial charge in [-0.2, -0.15) is 0 Å². The van der Waals surface area contributed by atoms with Crippen LogP contribution in [0.15, 0.2) is 0 Å². The normalized spacial score (nSPS) is 13.5. The fourth-order valence-electron chi connectivity index (χ4n) is 0.849. The van der Waals surface area contributed by atoms with E-state index in [4.69, 9.17) is 11.5 Å². The predicted molar refractivity (Wildman–Crippen MR) is 49.5 cm³/mol. The summed E-state index contributed by atoms with van der Waals surface area (Å²) in [6.07, 6.45) is 3.35. The number of nitrogens with one attached hydrogen (secondary N) is 1. The summed E-state index contributed by atoms with van der Waals surface area (Å²) in [5, 5.41) is 3.32. The van der Waals surface area contributed by atoms with Crippen LogP contribution in [0.3, 0.4) is 0 Å². The van der Waals surface area contributed by atoms with Crippen LogP contribution in [-0.4, -0.2) is 42.1 Å². The minimum absolute atomic E-state index is 0.317. The minimum atomic E-state index is 0.317. The van der Waals surface area contributed by atoms with E-state index in [1.54, 1.807) is 0 Å². The summed E-state index contributed by atoms with van der Waals surface area (Å²) in [6.45, 7) is 2.90. The Bertz CT molecular complexity index is 78.1. The first-order chi connectivity index (χ1) is 5.27. The zero-order chi connectivity index (χ0) is 8.53. The third kappa shape index (κ3) is 10.5. The van der Waals surface area contributed by atoms with Gasteiger partial charge < -0.3 is 0 Å². The van der Waals surface area contributed by atoms with E-state index in [9.17, 15) is 0 Å². The van der Waals surface area contributed by atoms with Crippen molar-refractivity contribution >= 4 is 17.7 Å². The second kappa shape index (κ2) is 8.57. The monoisotopic (exact) mass is 151 g/mol. The fourth-order valence-corrected chi connectivity index (χ4v) is 0.849. The van der Waals surface area contributed by atoms with Crippen molar-refractivity contribution in [1.29, 1.82) is 0 Å². The molecule has 0 bridgehead atoms. The van der Waals surface area contributed by atoms with Crippen LogP contribution < -0.4 is 16.8 Å². The third-order valence-corrected chi connectivity index (χ3v) is 1.58. The van der Waals surface area contributed by atoms with Crippen LogP contribution in [0.25, 0.3) is 0 Å². The molecule has 0 fully saturated rings. The van der Waals surface area contributed by atoms with E-state index < -0.39 is 0 Å². The van der Waals surface area contributed by atoms with E-state index in [1.165, 1.54) is 6.42 Å². The van der Waals surface area contributed by atoms with Crippen molar-refractivity contribution in [2.45, 2.75) is 24.0 Å². The van der Waals surface area contributed by atoms with Gasteiger partial charge in [0.1, 0.15) is 0 Å². The number of nitrogens with two attached hydrogens (primary N) is 2. The maximum atomic E-state index is 5.57. The van der Waals surface area contributed by atoms with Gasteiger partial charge in [-0.1, -0.05) is 0 Å². The second-order valence-corrected chi connectivity index (χ2v) is 3.01. The average Bonchev–Trinajstić information content (AvgIpc) is 1.96. The maximum absolute atomic E-state index is 5.57. The Morgan fingerprint density at radius 3 is 2.55 bits per heavy atom.